The summed E-state index contributed by atoms with van der Waals surface area (Å²) in [4.78, 5) is 3.58. The van der Waals surface area contributed by atoms with Crippen LogP contribution in [0, 0.1) is 34.6 Å². The van der Waals surface area contributed by atoms with Gasteiger partial charge in [-0.2, -0.15) is 12.8 Å². The maximum absolute atomic E-state index is 10.1. The number of rotatable bonds is 38. The Morgan fingerprint density at radius 1 is 0.493 bits per heavy atom. The summed E-state index contributed by atoms with van der Waals surface area (Å²) in [7, 11) is 0. The van der Waals surface area contributed by atoms with Gasteiger partial charge in [0.25, 0.3) is 0 Å². The molecule has 0 spiro atoms. The molecule has 2 aromatic rings. The fourth-order valence-corrected chi connectivity index (χ4v) is 9.04. The summed E-state index contributed by atoms with van der Waals surface area (Å²) in [6.07, 6.45) is 50.6. The molecule has 69 heavy (non-hydrogen) atoms. The van der Waals surface area contributed by atoms with E-state index in [0.29, 0.717) is 0 Å². The molecule has 0 aliphatic carbocycles. The van der Waals surface area contributed by atoms with Gasteiger partial charge in [0, 0.05) is 0 Å². The summed E-state index contributed by atoms with van der Waals surface area (Å²) in [6.45, 7) is 29.7. The van der Waals surface area contributed by atoms with Crippen molar-refractivity contribution in [2.45, 2.75) is 300 Å². The molecule has 0 bridgehead atoms. The van der Waals surface area contributed by atoms with E-state index in [9.17, 15) is 5.53 Å². The van der Waals surface area contributed by atoms with E-state index in [4.69, 9.17) is 0 Å². The molecule has 0 amide bonds. The Morgan fingerprint density at radius 3 is 1.23 bits per heavy atom. The normalized spacial score (nSPS) is 11.2. The quantitative estimate of drug-likeness (QED) is 0.0122. The van der Waals surface area contributed by atoms with E-state index in [0.717, 1.165) is 56.9 Å². The second-order valence-electron chi connectivity index (χ2n) is 20.2. The van der Waals surface area contributed by atoms with E-state index in [2.05, 4.69) is 130 Å². The molecule has 2 aromatic carbocycles. The van der Waals surface area contributed by atoms with Gasteiger partial charge in [0.15, 0.2) is 0 Å². The molecule has 0 aliphatic heterocycles. The summed E-state index contributed by atoms with van der Waals surface area (Å²) in [6, 6.07) is 9.92. The number of nitrogens with zero attached hydrogens (tertiary/aromatic N) is 2. The zero-order chi connectivity index (χ0) is 50.5. The molecule has 0 unspecified atom stereocenters. The van der Waals surface area contributed by atoms with Gasteiger partial charge in [0.1, 0.15) is 5.57 Å². The van der Waals surface area contributed by atoms with E-state index >= 15 is 0 Å². The van der Waals surface area contributed by atoms with Crippen molar-refractivity contribution in [2.24, 2.45) is 0 Å². The Balaban J connectivity index is 0. The minimum atomic E-state index is 0. The maximum Gasteiger partial charge on any atom is 2.00 e. The average molecular weight is 992 g/mol. The first-order valence-corrected chi connectivity index (χ1v) is 29.4. The van der Waals surface area contributed by atoms with Crippen molar-refractivity contribution >= 4 is 11.4 Å². The van der Waals surface area contributed by atoms with Crippen LogP contribution < -0.4 is 0 Å². The minimum absolute atomic E-state index is 0. The van der Waals surface area contributed by atoms with Crippen molar-refractivity contribution in [3.8, 4) is 0 Å². The molecule has 0 N–H and O–H groups in total. The first-order chi connectivity index (χ1) is 33.2. The number of hydrogen-bond donors (Lipinski definition) is 0. The number of unbranched alkanes of at least 4 members (excludes halogenated alkanes) is 25. The van der Waals surface area contributed by atoms with E-state index in [1.807, 2.05) is 0 Å². The molecule has 0 heterocycles. The van der Waals surface area contributed by atoms with Crippen LogP contribution in [0.15, 0.2) is 47.6 Å². The Bertz CT molecular complexity index is 1610. The predicted molar refractivity (Wildman–Crippen MR) is 308 cm³/mol. The van der Waals surface area contributed by atoms with Gasteiger partial charge in [-0.25, -0.2) is 0 Å². The fourth-order valence-electron chi connectivity index (χ4n) is 9.04. The topological polar surface area (TPSA) is 36.4 Å². The molecule has 0 aliphatic rings. The van der Waals surface area contributed by atoms with E-state index in [1.54, 1.807) is 16.7 Å². The number of aryl methyl sites for hydroxylation is 4. The van der Waals surface area contributed by atoms with Gasteiger partial charge in [-0.05, 0) is 147 Å². The molecule has 0 saturated carbocycles. The summed E-state index contributed by atoms with van der Waals surface area (Å²) in [5.74, 6) is 3.10. The summed E-state index contributed by atoms with van der Waals surface area (Å²) >= 11 is 0. The summed E-state index contributed by atoms with van der Waals surface area (Å²) in [5, 5.41) is 0. The standard InChI is InChI=1S/C58H94N2.2C4H9.Ni/c1-9-14-19-20-21-22-23-24-25-26-27-28-29-30-31-32-33-34-35-36-37-40-53(47-60-59)57(42-18-13-5)58(54-43-48(6)50(8)49(7)44-54)55-45-51(38-15-10-2)56(41-17-12-4)52(46-55)39-16-11-3;2*1-3-4-2;/h37,40,43-46H,9-36,38-39,41-42H2,1-8H3;2*1,3-4H2,2H3;/q;2*-1;+2. The van der Waals surface area contributed by atoms with Gasteiger partial charge in [0.05, 0.1) is 0 Å². The van der Waals surface area contributed by atoms with E-state index in [-0.39, 0.29) is 16.5 Å². The third-order valence-electron chi connectivity index (χ3n) is 13.9. The summed E-state index contributed by atoms with van der Waals surface area (Å²) < 4.78 is 0. The molecule has 0 fully saturated rings. The second-order valence-corrected chi connectivity index (χ2v) is 20.2. The third kappa shape index (κ3) is 33.0. The van der Waals surface area contributed by atoms with Crippen LogP contribution in [-0.2, 0) is 35.8 Å². The van der Waals surface area contributed by atoms with E-state index < -0.39 is 0 Å². The van der Waals surface area contributed by atoms with Crippen LogP contribution in [0.4, 0.5) is 0 Å². The zero-order valence-electron chi connectivity index (χ0n) is 47.5. The molecule has 3 heteroatoms. The van der Waals surface area contributed by atoms with Crippen LogP contribution in [0.3, 0.4) is 0 Å². The zero-order valence-corrected chi connectivity index (χ0v) is 48.5. The number of benzene rings is 2. The molecule has 2 rings (SSSR count). The maximum atomic E-state index is 10.1. The van der Waals surface area contributed by atoms with Gasteiger partial charge in [0.2, 0.25) is 0 Å². The molecule has 0 aromatic heterocycles. The molecule has 0 atom stereocenters. The van der Waals surface area contributed by atoms with Gasteiger partial charge in [-0.15, -0.1) is 4.79 Å². The molecular weight excluding hydrogens is 879 g/mol. The van der Waals surface area contributed by atoms with Crippen molar-refractivity contribution in [1.82, 2.24) is 0 Å². The molecule has 2 nitrogen and oxygen atoms in total. The summed E-state index contributed by atoms with van der Waals surface area (Å²) in [5.41, 5.74) is 24.9. The van der Waals surface area contributed by atoms with Crippen molar-refractivity contribution in [2.75, 3.05) is 0 Å². The molecule has 0 saturated heterocycles. The smallest absolute Gasteiger partial charge is 0.348 e. The second kappa shape index (κ2) is 49.2. The molecule has 0 radical (unpaired) electrons. The van der Waals surface area contributed by atoms with Crippen LogP contribution in [-0.4, -0.2) is 10.7 Å². The first-order valence-electron chi connectivity index (χ1n) is 29.4. The fraction of sp³-hybridized carbons (Fsp3) is 0.697. The average Bonchev–Trinajstić information content (AvgIpc) is 3.35. The SMILES string of the molecule is CCCCCCCCCCCCCCCCCCCCCC=CC(=C=[N+]=[N-])C(CCCC)=C(c1cc(C)c(C)c(C)c1)c1cc(CCCC)c(CCCC)c(CCCC)c1.[CH2-]CCC.[CH2-]CCC.[Ni+2]. The van der Waals surface area contributed by atoms with Crippen LogP contribution in [0.5, 0.6) is 0 Å². The minimum Gasteiger partial charge on any atom is -0.348 e. The number of hydrogen-bond acceptors (Lipinski definition) is 0. The van der Waals surface area contributed by atoms with Gasteiger partial charge < -0.3 is 19.4 Å². The number of allylic oxidation sites excluding steroid dienone is 4. The van der Waals surface area contributed by atoms with Crippen LogP contribution in [0.2, 0.25) is 0 Å². The monoisotopic (exact) mass is 991 g/mol. The van der Waals surface area contributed by atoms with Crippen LogP contribution in [0.1, 0.15) is 305 Å². The molecular formula is C66H112N2Ni. The Morgan fingerprint density at radius 2 is 0.855 bits per heavy atom. The van der Waals surface area contributed by atoms with Crippen molar-refractivity contribution in [3.05, 3.63) is 111 Å². The first kappa shape index (κ1) is 68.7. The van der Waals surface area contributed by atoms with Crippen molar-refractivity contribution in [3.63, 3.8) is 0 Å². The van der Waals surface area contributed by atoms with Crippen LogP contribution in [0.25, 0.3) is 11.1 Å². The van der Waals surface area contributed by atoms with E-state index in [1.165, 1.54) is 219 Å². The van der Waals surface area contributed by atoms with Crippen molar-refractivity contribution in [1.29, 1.82) is 0 Å². The Hall–Kier alpha value is -2.43. The van der Waals surface area contributed by atoms with Gasteiger partial charge in [-0.1, -0.05) is 233 Å². The van der Waals surface area contributed by atoms with Crippen LogP contribution >= 0.6 is 0 Å². The third-order valence-corrected chi connectivity index (χ3v) is 13.9. The van der Waals surface area contributed by atoms with Gasteiger partial charge >= 0.3 is 22.4 Å². The molecule has 396 valence electrons. The largest absolute Gasteiger partial charge is 2.00 e. The Labute approximate surface area is 442 Å². The van der Waals surface area contributed by atoms with Gasteiger partial charge in [-0.3, -0.25) is 0 Å². The van der Waals surface area contributed by atoms with Crippen molar-refractivity contribution < 1.29 is 21.3 Å². The predicted octanol–water partition coefficient (Wildman–Crippen LogP) is 22.1. The Kier molecular flexibility index (Phi) is 48.9.